The number of carbonyl (C=O) groups is 3. The number of rotatable bonds is 10. The Morgan fingerprint density at radius 1 is 0.879 bits per heavy atom. The first-order valence-electron chi connectivity index (χ1n) is 10.0. The maximum Gasteiger partial charge on any atom is 0.306 e. The van der Waals surface area contributed by atoms with E-state index in [0.717, 1.165) is 5.75 Å². The van der Waals surface area contributed by atoms with E-state index in [1.54, 1.807) is 62.6 Å². The summed E-state index contributed by atoms with van der Waals surface area (Å²) in [5, 5.41) is 8.71. The van der Waals surface area contributed by atoms with E-state index in [-0.39, 0.29) is 24.6 Å². The lowest BCUT2D eigenvalue weighted by molar-refractivity contribution is -0.147. The van der Waals surface area contributed by atoms with Gasteiger partial charge in [0.05, 0.1) is 13.5 Å². The fraction of sp³-hybridized carbons (Fsp3) is 0.217. The van der Waals surface area contributed by atoms with Crippen molar-refractivity contribution in [1.82, 2.24) is 5.16 Å². The van der Waals surface area contributed by atoms with Gasteiger partial charge in [-0.25, -0.2) is 0 Å². The molecule has 0 saturated heterocycles. The summed E-state index contributed by atoms with van der Waals surface area (Å²) in [5.41, 5.74) is 0.553. The molecule has 0 saturated carbocycles. The molecule has 0 bridgehead atoms. The third kappa shape index (κ3) is 7.69. The predicted octanol–water partition coefficient (Wildman–Crippen LogP) is 3.68. The lowest BCUT2D eigenvalue weighted by Gasteiger charge is -2.09. The highest BCUT2D eigenvalue weighted by molar-refractivity contribution is 5.94. The van der Waals surface area contributed by atoms with Crippen molar-refractivity contribution in [2.45, 2.75) is 19.8 Å². The number of hydrogen-bond donors (Lipinski definition) is 2. The summed E-state index contributed by atoms with van der Waals surface area (Å²) < 4.78 is 20.5. The van der Waals surface area contributed by atoms with E-state index < -0.39 is 18.5 Å². The summed E-state index contributed by atoms with van der Waals surface area (Å²) in [6.07, 6.45) is -0.256. The molecule has 0 aliphatic rings. The summed E-state index contributed by atoms with van der Waals surface area (Å²) in [7, 11) is 1.59. The third-order valence-electron chi connectivity index (χ3n) is 4.25. The molecule has 3 rings (SSSR count). The maximum absolute atomic E-state index is 12.1. The van der Waals surface area contributed by atoms with Gasteiger partial charge in [0.2, 0.25) is 5.91 Å². The maximum atomic E-state index is 12.1. The second kappa shape index (κ2) is 11.3. The molecule has 0 atom stereocenters. The highest BCUT2D eigenvalue weighted by atomic mass is 16.5. The van der Waals surface area contributed by atoms with Crippen molar-refractivity contribution in [3.8, 4) is 17.2 Å². The molecule has 3 aromatic rings. The van der Waals surface area contributed by atoms with E-state index in [0.29, 0.717) is 22.9 Å². The normalized spacial score (nSPS) is 10.2. The van der Waals surface area contributed by atoms with Gasteiger partial charge in [-0.05, 0) is 55.5 Å². The van der Waals surface area contributed by atoms with Gasteiger partial charge in [-0.2, -0.15) is 0 Å². The Bertz CT molecular complexity index is 1090. The molecule has 0 spiro atoms. The van der Waals surface area contributed by atoms with Crippen molar-refractivity contribution in [3.05, 3.63) is 60.4 Å². The van der Waals surface area contributed by atoms with Crippen LogP contribution in [-0.2, 0) is 19.1 Å². The van der Waals surface area contributed by atoms with Crippen LogP contribution >= 0.6 is 0 Å². The minimum atomic E-state index is -0.667. The standard InChI is InChI=1S/C23H23N3O7/c1-15-13-20(26-33-15)25-22(28)14-31-23(29)12-11-21(27)24-16-3-5-18(6-4-16)32-19-9-7-17(30-2)8-10-19/h3-10,13H,11-12,14H2,1-2H3,(H,24,27)(H,25,26,28). The molecule has 10 nitrogen and oxygen atoms in total. The first-order chi connectivity index (χ1) is 15.9. The van der Waals surface area contributed by atoms with Crippen molar-refractivity contribution in [3.63, 3.8) is 0 Å². The largest absolute Gasteiger partial charge is 0.497 e. The van der Waals surface area contributed by atoms with Gasteiger partial charge in [0.25, 0.3) is 5.91 Å². The van der Waals surface area contributed by atoms with E-state index in [2.05, 4.69) is 15.8 Å². The monoisotopic (exact) mass is 453 g/mol. The van der Waals surface area contributed by atoms with Crippen molar-refractivity contribution < 1.29 is 33.1 Å². The topological polar surface area (TPSA) is 129 Å². The Kier molecular flexibility index (Phi) is 8.01. The zero-order chi connectivity index (χ0) is 23.6. The molecule has 0 radical (unpaired) electrons. The van der Waals surface area contributed by atoms with Gasteiger partial charge in [-0.1, -0.05) is 5.16 Å². The second-order valence-corrected chi connectivity index (χ2v) is 6.88. The van der Waals surface area contributed by atoms with E-state index >= 15 is 0 Å². The van der Waals surface area contributed by atoms with Crippen LogP contribution in [0.4, 0.5) is 11.5 Å². The number of aryl methyl sites for hydroxylation is 1. The molecular weight excluding hydrogens is 430 g/mol. The molecule has 33 heavy (non-hydrogen) atoms. The van der Waals surface area contributed by atoms with Crippen LogP contribution in [0.5, 0.6) is 17.2 Å². The third-order valence-corrected chi connectivity index (χ3v) is 4.25. The molecule has 2 N–H and O–H groups in total. The van der Waals surface area contributed by atoms with Crippen molar-refractivity contribution in [1.29, 1.82) is 0 Å². The van der Waals surface area contributed by atoms with Gasteiger partial charge < -0.3 is 29.4 Å². The Hall–Kier alpha value is -4.34. The van der Waals surface area contributed by atoms with Gasteiger partial charge in [0.1, 0.15) is 23.0 Å². The fourth-order valence-corrected chi connectivity index (χ4v) is 2.65. The summed E-state index contributed by atoms with van der Waals surface area (Å²) in [6, 6.07) is 15.5. The number of hydrogen-bond acceptors (Lipinski definition) is 8. The van der Waals surface area contributed by atoms with Crippen LogP contribution in [0.25, 0.3) is 0 Å². The van der Waals surface area contributed by atoms with Crippen LogP contribution in [0.15, 0.2) is 59.1 Å². The average molecular weight is 453 g/mol. The van der Waals surface area contributed by atoms with Gasteiger partial charge in [0, 0.05) is 18.2 Å². The molecule has 172 valence electrons. The molecule has 0 fully saturated rings. The molecule has 0 aliphatic heterocycles. The van der Waals surface area contributed by atoms with Crippen LogP contribution in [0.2, 0.25) is 0 Å². The minimum absolute atomic E-state index is 0.0902. The van der Waals surface area contributed by atoms with E-state index in [1.807, 2.05) is 0 Å². The zero-order valence-electron chi connectivity index (χ0n) is 18.1. The zero-order valence-corrected chi connectivity index (χ0v) is 18.1. The van der Waals surface area contributed by atoms with Crippen LogP contribution in [0.3, 0.4) is 0 Å². The average Bonchev–Trinajstić information content (AvgIpc) is 3.22. The number of anilines is 2. The number of esters is 1. The molecular formula is C23H23N3O7. The number of methoxy groups -OCH3 is 1. The first-order valence-corrected chi connectivity index (χ1v) is 10.0. The van der Waals surface area contributed by atoms with Crippen molar-refractivity contribution in [2.24, 2.45) is 0 Å². The Labute approximate surface area is 189 Å². The van der Waals surface area contributed by atoms with Crippen molar-refractivity contribution in [2.75, 3.05) is 24.4 Å². The number of aromatic nitrogens is 1. The Morgan fingerprint density at radius 2 is 1.52 bits per heavy atom. The quantitative estimate of drug-likeness (QED) is 0.445. The summed E-state index contributed by atoms with van der Waals surface area (Å²) in [6.45, 7) is 1.19. The number of ether oxygens (including phenoxy) is 3. The summed E-state index contributed by atoms with van der Waals surface area (Å²) >= 11 is 0. The number of nitrogens with zero attached hydrogens (tertiary/aromatic N) is 1. The van der Waals surface area contributed by atoms with Gasteiger partial charge in [-0.3, -0.25) is 14.4 Å². The highest BCUT2D eigenvalue weighted by Gasteiger charge is 2.12. The molecule has 0 unspecified atom stereocenters. The molecule has 1 aromatic heterocycles. The lowest BCUT2D eigenvalue weighted by Crippen LogP contribution is -2.21. The van der Waals surface area contributed by atoms with Gasteiger partial charge in [0.15, 0.2) is 12.4 Å². The molecule has 2 amide bonds. The van der Waals surface area contributed by atoms with Gasteiger partial charge >= 0.3 is 5.97 Å². The molecule has 0 aliphatic carbocycles. The summed E-state index contributed by atoms with van der Waals surface area (Å²) in [4.78, 5) is 35.6. The number of benzene rings is 2. The predicted molar refractivity (Wildman–Crippen MR) is 118 cm³/mol. The van der Waals surface area contributed by atoms with Gasteiger partial charge in [-0.15, -0.1) is 0 Å². The number of carbonyl (C=O) groups excluding carboxylic acids is 3. The minimum Gasteiger partial charge on any atom is -0.497 e. The number of amides is 2. The SMILES string of the molecule is COc1ccc(Oc2ccc(NC(=O)CCC(=O)OCC(=O)Nc3cc(C)on3)cc2)cc1. The van der Waals surface area contributed by atoms with Crippen LogP contribution < -0.4 is 20.1 Å². The van der Waals surface area contributed by atoms with E-state index in [1.165, 1.54) is 6.07 Å². The first kappa shape index (κ1) is 23.3. The molecule has 10 heteroatoms. The molecule has 1 heterocycles. The van der Waals surface area contributed by atoms with Crippen LogP contribution in [0.1, 0.15) is 18.6 Å². The smallest absolute Gasteiger partial charge is 0.306 e. The van der Waals surface area contributed by atoms with Crippen molar-refractivity contribution >= 4 is 29.3 Å². The second-order valence-electron chi connectivity index (χ2n) is 6.88. The summed E-state index contributed by atoms with van der Waals surface area (Å²) in [5.74, 6) is 1.16. The van der Waals surface area contributed by atoms with E-state index in [4.69, 9.17) is 18.7 Å². The number of nitrogens with one attached hydrogen (secondary N) is 2. The lowest BCUT2D eigenvalue weighted by atomic mass is 10.2. The molecule has 2 aromatic carbocycles. The van der Waals surface area contributed by atoms with E-state index in [9.17, 15) is 14.4 Å². The van der Waals surface area contributed by atoms with Crippen LogP contribution in [0, 0.1) is 6.92 Å². The highest BCUT2D eigenvalue weighted by Crippen LogP contribution is 2.25. The van der Waals surface area contributed by atoms with Crippen LogP contribution in [-0.4, -0.2) is 36.7 Å². The Morgan fingerprint density at radius 3 is 2.12 bits per heavy atom. The Balaban J connectivity index is 1.36. The fourth-order valence-electron chi connectivity index (χ4n) is 2.65.